The van der Waals surface area contributed by atoms with E-state index in [1.54, 1.807) is 24.5 Å². The number of pyridine rings is 2. The Morgan fingerprint density at radius 3 is 2.88 bits per heavy atom. The molecule has 0 saturated carbocycles. The number of hydrogen-bond acceptors (Lipinski definition) is 5. The fourth-order valence-electron chi connectivity index (χ4n) is 2.50. The first kappa shape index (κ1) is 16.7. The van der Waals surface area contributed by atoms with Crippen LogP contribution in [0.1, 0.15) is 29.9 Å². The van der Waals surface area contributed by atoms with Crippen molar-refractivity contribution in [2.24, 2.45) is 0 Å². The number of nitrogens with two attached hydrogens (primary N) is 1. The summed E-state index contributed by atoms with van der Waals surface area (Å²) in [6, 6.07) is 10.9. The second-order valence-corrected chi connectivity index (χ2v) is 5.95. The average molecular weight is 336 g/mol. The smallest absolute Gasteiger partial charge is 0.270 e. The Morgan fingerprint density at radius 1 is 1.28 bits per heavy atom. The summed E-state index contributed by atoms with van der Waals surface area (Å²) in [5, 5.41) is 3.60. The highest BCUT2D eigenvalue weighted by atomic mass is 16.5. The lowest BCUT2D eigenvalue weighted by molar-refractivity contribution is 0.0946. The molecule has 6 nitrogen and oxygen atoms in total. The maximum atomic E-state index is 12.5. The molecular weight excluding hydrogens is 316 g/mol. The van der Waals surface area contributed by atoms with Gasteiger partial charge in [0.25, 0.3) is 5.91 Å². The molecule has 0 bridgehead atoms. The van der Waals surface area contributed by atoms with Crippen LogP contribution >= 0.6 is 0 Å². The Morgan fingerprint density at radius 2 is 2.08 bits per heavy atom. The molecule has 2 aromatic heterocycles. The van der Waals surface area contributed by atoms with E-state index >= 15 is 0 Å². The zero-order chi connectivity index (χ0) is 17.8. The predicted molar refractivity (Wildman–Crippen MR) is 97.3 cm³/mol. The molecular formula is C19H20N4O2. The van der Waals surface area contributed by atoms with Crippen molar-refractivity contribution in [1.82, 2.24) is 15.3 Å². The van der Waals surface area contributed by atoms with E-state index in [4.69, 9.17) is 10.5 Å². The van der Waals surface area contributed by atoms with Crippen LogP contribution in [-0.4, -0.2) is 22.0 Å². The van der Waals surface area contributed by atoms with E-state index in [0.717, 1.165) is 16.7 Å². The zero-order valence-electron chi connectivity index (χ0n) is 14.2. The molecule has 0 fully saturated rings. The van der Waals surface area contributed by atoms with Crippen LogP contribution in [0.2, 0.25) is 0 Å². The van der Waals surface area contributed by atoms with Crippen LogP contribution in [0, 0.1) is 0 Å². The monoisotopic (exact) mass is 336 g/mol. The summed E-state index contributed by atoms with van der Waals surface area (Å²) in [7, 11) is 0. The average Bonchev–Trinajstić information content (AvgIpc) is 2.60. The number of benzene rings is 1. The summed E-state index contributed by atoms with van der Waals surface area (Å²) in [6.07, 6.45) is 3.32. The third-order valence-corrected chi connectivity index (χ3v) is 3.65. The highest BCUT2D eigenvalue weighted by molar-refractivity contribution is 5.98. The quantitative estimate of drug-likeness (QED) is 0.747. The summed E-state index contributed by atoms with van der Waals surface area (Å²) >= 11 is 0. The minimum atomic E-state index is -0.287. The number of anilines is 1. The fourth-order valence-corrected chi connectivity index (χ4v) is 2.50. The zero-order valence-corrected chi connectivity index (χ0v) is 14.2. The number of nitrogens with zero attached hydrogens (tertiary/aromatic N) is 2. The van der Waals surface area contributed by atoms with Crippen molar-refractivity contribution in [3.63, 3.8) is 0 Å². The van der Waals surface area contributed by atoms with Gasteiger partial charge in [-0.2, -0.15) is 0 Å². The molecule has 3 rings (SSSR count). The molecule has 3 N–H and O–H groups in total. The van der Waals surface area contributed by atoms with Gasteiger partial charge >= 0.3 is 0 Å². The Hall–Kier alpha value is -3.15. The van der Waals surface area contributed by atoms with E-state index in [-0.39, 0.29) is 17.7 Å². The van der Waals surface area contributed by atoms with Crippen LogP contribution in [0.5, 0.6) is 5.75 Å². The minimum absolute atomic E-state index is 0.0624. The number of carbonyl (C=O) groups excluding carboxylic acids is 1. The molecule has 0 saturated heterocycles. The molecule has 0 aliphatic rings. The van der Waals surface area contributed by atoms with Gasteiger partial charge in [-0.3, -0.25) is 9.78 Å². The summed E-state index contributed by atoms with van der Waals surface area (Å²) < 4.78 is 5.77. The first-order chi connectivity index (χ1) is 12.0. The van der Waals surface area contributed by atoms with Gasteiger partial charge in [0.05, 0.1) is 11.6 Å². The number of nitrogen functional groups attached to an aromatic ring is 1. The van der Waals surface area contributed by atoms with Crippen molar-refractivity contribution in [2.45, 2.75) is 26.5 Å². The molecule has 2 heterocycles. The van der Waals surface area contributed by atoms with Crippen molar-refractivity contribution in [3.8, 4) is 5.75 Å². The van der Waals surface area contributed by atoms with Gasteiger partial charge in [-0.15, -0.1) is 0 Å². The van der Waals surface area contributed by atoms with Gasteiger partial charge in [-0.05, 0) is 32.0 Å². The lowest BCUT2D eigenvalue weighted by atomic mass is 10.2. The highest BCUT2D eigenvalue weighted by Gasteiger charge is 2.12. The fraction of sp³-hybridized carbons (Fsp3) is 0.211. The van der Waals surface area contributed by atoms with Crippen molar-refractivity contribution in [1.29, 1.82) is 0 Å². The molecule has 25 heavy (non-hydrogen) atoms. The first-order valence-electron chi connectivity index (χ1n) is 8.07. The molecule has 0 unspecified atom stereocenters. The van der Waals surface area contributed by atoms with Crippen molar-refractivity contribution < 1.29 is 9.53 Å². The van der Waals surface area contributed by atoms with Crippen molar-refractivity contribution in [2.75, 3.05) is 5.73 Å². The topological polar surface area (TPSA) is 90.1 Å². The summed E-state index contributed by atoms with van der Waals surface area (Å²) in [5.74, 6) is 0.472. The summed E-state index contributed by atoms with van der Waals surface area (Å²) in [4.78, 5) is 20.8. The predicted octanol–water partition coefficient (Wildman–Crippen LogP) is 2.93. The van der Waals surface area contributed by atoms with Crippen LogP contribution in [0.3, 0.4) is 0 Å². The number of amides is 1. The van der Waals surface area contributed by atoms with Gasteiger partial charge in [0.15, 0.2) is 0 Å². The molecule has 0 aliphatic heterocycles. The van der Waals surface area contributed by atoms with Gasteiger partial charge < -0.3 is 15.8 Å². The molecule has 0 radical (unpaired) electrons. The SMILES string of the molecule is CC(C)Oc1ccccc1CNC(=O)c1cc(N)c2cnccc2n1. The lowest BCUT2D eigenvalue weighted by Crippen LogP contribution is -2.24. The standard InChI is InChI=1S/C19H20N4O2/c1-12(2)25-18-6-4-3-5-13(18)10-22-19(24)17-9-15(20)14-11-21-8-7-16(14)23-17/h3-9,11-12H,10H2,1-2H3,(H2,20,23)(H,22,24). The second kappa shape index (κ2) is 7.17. The van der Waals surface area contributed by atoms with Gasteiger partial charge in [-0.1, -0.05) is 18.2 Å². The van der Waals surface area contributed by atoms with Crippen LogP contribution in [0.25, 0.3) is 10.9 Å². The van der Waals surface area contributed by atoms with E-state index in [9.17, 15) is 4.79 Å². The van der Waals surface area contributed by atoms with E-state index < -0.39 is 0 Å². The number of carbonyl (C=O) groups is 1. The molecule has 1 amide bonds. The third kappa shape index (κ3) is 3.85. The lowest BCUT2D eigenvalue weighted by Gasteiger charge is -2.14. The van der Waals surface area contributed by atoms with Crippen LogP contribution in [0.4, 0.5) is 5.69 Å². The summed E-state index contributed by atoms with van der Waals surface area (Å²) in [5.41, 5.74) is 8.30. The molecule has 1 aromatic carbocycles. The third-order valence-electron chi connectivity index (χ3n) is 3.65. The molecule has 0 spiro atoms. The summed E-state index contributed by atoms with van der Waals surface area (Å²) in [6.45, 7) is 4.27. The highest BCUT2D eigenvalue weighted by Crippen LogP contribution is 2.21. The van der Waals surface area contributed by atoms with Gasteiger partial charge in [-0.25, -0.2) is 4.98 Å². The maximum Gasteiger partial charge on any atom is 0.270 e. The number of ether oxygens (including phenoxy) is 1. The number of para-hydroxylation sites is 1. The molecule has 6 heteroatoms. The number of hydrogen-bond donors (Lipinski definition) is 2. The Kier molecular flexibility index (Phi) is 4.79. The first-order valence-corrected chi connectivity index (χ1v) is 8.07. The van der Waals surface area contributed by atoms with Crippen molar-refractivity contribution in [3.05, 3.63) is 60.0 Å². The van der Waals surface area contributed by atoms with Crippen LogP contribution < -0.4 is 15.8 Å². The molecule has 0 atom stereocenters. The Balaban J connectivity index is 1.77. The second-order valence-electron chi connectivity index (χ2n) is 5.95. The van der Waals surface area contributed by atoms with E-state index in [1.807, 2.05) is 38.1 Å². The van der Waals surface area contributed by atoms with Crippen molar-refractivity contribution >= 4 is 22.5 Å². The normalized spacial score (nSPS) is 10.8. The van der Waals surface area contributed by atoms with Crippen LogP contribution in [-0.2, 0) is 6.54 Å². The Bertz CT molecular complexity index is 909. The van der Waals surface area contributed by atoms with Gasteiger partial charge in [0.2, 0.25) is 0 Å². The van der Waals surface area contributed by atoms with E-state index in [2.05, 4.69) is 15.3 Å². The van der Waals surface area contributed by atoms with Crippen LogP contribution in [0.15, 0.2) is 48.8 Å². The molecule has 0 aliphatic carbocycles. The number of aromatic nitrogens is 2. The Labute approximate surface area is 146 Å². The van der Waals surface area contributed by atoms with E-state index in [0.29, 0.717) is 17.7 Å². The number of rotatable bonds is 5. The van der Waals surface area contributed by atoms with Gasteiger partial charge in [0, 0.05) is 35.6 Å². The molecule has 3 aromatic rings. The largest absolute Gasteiger partial charge is 0.491 e. The van der Waals surface area contributed by atoms with Gasteiger partial charge in [0.1, 0.15) is 11.4 Å². The number of fused-ring (bicyclic) bond motifs is 1. The number of nitrogens with one attached hydrogen (secondary N) is 1. The maximum absolute atomic E-state index is 12.5. The van der Waals surface area contributed by atoms with E-state index in [1.165, 1.54) is 0 Å². The minimum Gasteiger partial charge on any atom is -0.491 e. The molecule has 128 valence electrons.